The van der Waals surface area contributed by atoms with Crippen LogP contribution in [0.3, 0.4) is 0 Å². The van der Waals surface area contributed by atoms with Crippen molar-refractivity contribution in [3.05, 3.63) is 42.2 Å². The van der Waals surface area contributed by atoms with Gasteiger partial charge in [-0.2, -0.15) is 0 Å². The van der Waals surface area contributed by atoms with Crippen LogP contribution in [-0.4, -0.2) is 26.5 Å². The van der Waals surface area contributed by atoms with Crippen LogP contribution < -0.4 is 10.1 Å². The first-order valence-corrected chi connectivity index (χ1v) is 6.65. The second kappa shape index (κ2) is 4.69. The maximum absolute atomic E-state index is 13.8. The molecule has 106 valence electrons. The summed E-state index contributed by atoms with van der Waals surface area (Å²) < 4.78 is 19.2. The highest BCUT2D eigenvalue weighted by molar-refractivity contribution is 5.82. The summed E-state index contributed by atoms with van der Waals surface area (Å²) in [4.78, 5) is 15.4. The molecule has 1 aliphatic rings. The third kappa shape index (κ3) is 1.97. The van der Waals surface area contributed by atoms with Gasteiger partial charge in [0.15, 0.2) is 23.0 Å². The zero-order valence-electron chi connectivity index (χ0n) is 11.0. The molecule has 3 aromatic rings. The number of aromatic amines is 1. The molecule has 0 radical (unpaired) electrons. The van der Waals surface area contributed by atoms with Crippen LogP contribution in [0.2, 0.25) is 0 Å². The highest BCUT2D eigenvalue weighted by atomic mass is 19.1. The minimum atomic E-state index is -0.339. The van der Waals surface area contributed by atoms with Crippen LogP contribution in [-0.2, 0) is 0 Å². The largest absolute Gasteiger partial charge is 0.490 e. The summed E-state index contributed by atoms with van der Waals surface area (Å²) in [6, 6.07) is 4.88. The lowest BCUT2D eigenvalue weighted by atomic mass is 10.0. The number of benzene rings is 1. The van der Waals surface area contributed by atoms with Crippen molar-refractivity contribution in [1.29, 1.82) is 0 Å². The number of aromatic nitrogens is 4. The maximum atomic E-state index is 13.8. The second-order valence-corrected chi connectivity index (χ2v) is 4.82. The summed E-state index contributed by atoms with van der Waals surface area (Å²) in [7, 11) is 0. The molecular formula is C14H12FN5O. The Bertz CT molecular complexity index is 803. The Hall–Kier alpha value is -2.70. The second-order valence-electron chi connectivity index (χ2n) is 4.82. The van der Waals surface area contributed by atoms with Crippen molar-refractivity contribution in [3.8, 4) is 5.75 Å². The molecule has 0 bridgehead atoms. The maximum Gasteiger partial charge on any atom is 0.182 e. The number of para-hydroxylation sites is 1. The zero-order valence-corrected chi connectivity index (χ0v) is 11.0. The average Bonchev–Trinajstić information content (AvgIpc) is 2.98. The van der Waals surface area contributed by atoms with E-state index >= 15 is 0 Å². The van der Waals surface area contributed by atoms with E-state index in [-0.39, 0.29) is 11.9 Å². The van der Waals surface area contributed by atoms with E-state index in [0.29, 0.717) is 23.8 Å². The molecule has 0 unspecified atom stereocenters. The van der Waals surface area contributed by atoms with Gasteiger partial charge in [0.1, 0.15) is 11.8 Å². The molecule has 3 heterocycles. The summed E-state index contributed by atoms with van der Waals surface area (Å²) in [6.45, 7) is 0.461. The SMILES string of the molecule is Fc1cccc2c1OCC[C@@H]2Nc1ncnc2nc[nH]c12. The van der Waals surface area contributed by atoms with E-state index in [2.05, 4.69) is 25.3 Å². The summed E-state index contributed by atoms with van der Waals surface area (Å²) in [5, 5.41) is 3.32. The number of rotatable bonds is 2. The van der Waals surface area contributed by atoms with Crippen molar-refractivity contribution in [3.63, 3.8) is 0 Å². The topological polar surface area (TPSA) is 75.7 Å². The van der Waals surface area contributed by atoms with Crippen molar-refractivity contribution in [1.82, 2.24) is 19.9 Å². The monoisotopic (exact) mass is 285 g/mol. The summed E-state index contributed by atoms with van der Waals surface area (Å²) in [5.41, 5.74) is 2.13. The molecule has 0 saturated carbocycles. The normalized spacial score (nSPS) is 17.3. The molecule has 21 heavy (non-hydrogen) atoms. The van der Waals surface area contributed by atoms with Gasteiger partial charge in [0.2, 0.25) is 0 Å². The molecule has 2 N–H and O–H groups in total. The van der Waals surface area contributed by atoms with Crippen LogP contribution in [0.25, 0.3) is 11.2 Å². The molecule has 7 heteroatoms. The third-order valence-corrected chi connectivity index (χ3v) is 3.56. The van der Waals surface area contributed by atoms with Gasteiger partial charge < -0.3 is 15.0 Å². The molecule has 0 spiro atoms. The molecule has 1 atom stereocenters. The number of fused-ring (bicyclic) bond motifs is 2. The van der Waals surface area contributed by atoms with E-state index in [1.807, 2.05) is 6.07 Å². The number of hydrogen-bond acceptors (Lipinski definition) is 5. The molecule has 2 aromatic heterocycles. The molecule has 0 aliphatic carbocycles. The Morgan fingerprint density at radius 3 is 3.19 bits per heavy atom. The van der Waals surface area contributed by atoms with Gasteiger partial charge >= 0.3 is 0 Å². The Morgan fingerprint density at radius 2 is 2.24 bits per heavy atom. The Morgan fingerprint density at radius 1 is 1.29 bits per heavy atom. The van der Waals surface area contributed by atoms with Gasteiger partial charge in [0.05, 0.1) is 19.0 Å². The van der Waals surface area contributed by atoms with E-state index in [1.54, 1.807) is 12.4 Å². The van der Waals surface area contributed by atoms with Crippen molar-refractivity contribution < 1.29 is 9.13 Å². The third-order valence-electron chi connectivity index (χ3n) is 3.56. The number of hydrogen-bond donors (Lipinski definition) is 2. The summed E-state index contributed by atoms with van der Waals surface area (Å²) in [6.07, 6.45) is 3.76. The molecule has 0 fully saturated rings. The first kappa shape index (κ1) is 12.1. The highest BCUT2D eigenvalue weighted by Crippen LogP contribution is 2.36. The van der Waals surface area contributed by atoms with Gasteiger partial charge in [-0.05, 0) is 6.07 Å². The number of nitrogens with zero attached hydrogens (tertiary/aromatic N) is 3. The Labute approximate surface area is 119 Å². The smallest absolute Gasteiger partial charge is 0.182 e. The van der Waals surface area contributed by atoms with Crippen LogP contribution in [0.5, 0.6) is 5.75 Å². The fraction of sp³-hybridized carbons (Fsp3) is 0.214. The van der Waals surface area contributed by atoms with E-state index in [4.69, 9.17) is 4.74 Å². The first-order chi connectivity index (χ1) is 10.3. The molecule has 0 amide bonds. The van der Waals surface area contributed by atoms with Gasteiger partial charge in [-0.25, -0.2) is 19.3 Å². The van der Waals surface area contributed by atoms with E-state index in [9.17, 15) is 4.39 Å². The van der Waals surface area contributed by atoms with Crippen LogP contribution >= 0.6 is 0 Å². The van der Waals surface area contributed by atoms with Crippen molar-refractivity contribution in [2.24, 2.45) is 0 Å². The minimum Gasteiger partial charge on any atom is -0.490 e. The number of anilines is 1. The van der Waals surface area contributed by atoms with Crippen LogP contribution in [0, 0.1) is 5.82 Å². The molecule has 4 rings (SSSR count). The molecule has 1 aliphatic heterocycles. The Balaban J connectivity index is 1.73. The van der Waals surface area contributed by atoms with Crippen molar-refractivity contribution in [2.75, 3.05) is 11.9 Å². The van der Waals surface area contributed by atoms with Gasteiger partial charge in [0.25, 0.3) is 0 Å². The first-order valence-electron chi connectivity index (χ1n) is 6.65. The lowest BCUT2D eigenvalue weighted by Crippen LogP contribution is -2.21. The lowest BCUT2D eigenvalue weighted by molar-refractivity contribution is 0.260. The molecule has 1 aromatic carbocycles. The Kier molecular flexibility index (Phi) is 2.70. The molecular weight excluding hydrogens is 273 g/mol. The van der Waals surface area contributed by atoms with Crippen LogP contribution in [0.15, 0.2) is 30.9 Å². The van der Waals surface area contributed by atoms with Gasteiger partial charge in [0, 0.05) is 12.0 Å². The molecule has 0 saturated heterocycles. The van der Waals surface area contributed by atoms with Crippen LogP contribution in [0.4, 0.5) is 10.2 Å². The number of halogens is 1. The number of nitrogens with one attached hydrogen (secondary N) is 2. The van der Waals surface area contributed by atoms with Gasteiger partial charge in [-0.1, -0.05) is 12.1 Å². The fourth-order valence-corrected chi connectivity index (χ4v) is 2.58. The highest BCUT2D eigenvalue weighted by Gasteiger charge is 2.24. The summed E-state index contributed by atoms with van der Waals surface area (Å²) >= 11 is 0. The fourth-order valence-electron chi connectivity index (χ4n) is 2.58. The van der Waals surface area contributed by atoms with Crippen molar-refractivity contribution in [2.45, 2.75) is 12.5 Å². The number of ether oxygens (including phenoxy) is 1. The zero-order chi connectivity index (χ0) is 14.2. The van der Waals surface area contributed by atoms with Crippen molar-refractivity contribution >= 4 is 17.0 Å². The average molecular weight is 285 g/mol. The minimum absolute atomic E-state index is 0.0640. The van der Waals surface area contributed by atoms with E-state index in [0.717, 1.165) is 17.5 Å². The van der Waals surface area contributed by atoms with Gasteiger partial charge in [-0.15, -0.1) is 0 Å². The predicted octanol–water partition coefficient (Wildman–Crippen LogP) is 2.43. The number of H-pyrrole nitrogens is 1. The standard InChI is InChI=1S/C14H12FN5O/c15-9-3-1-2-8-10(4-5-21-12(8)9)20-14-11-13(17-6-16-11)18-7-19-14/h1-3,6-7,10H,4-5H2,(H2,16,17,18,19,20)/t10-/m0/s1. The van der Waals surface area contributed by atoms with Crippen LogP contribution in [0.1, 0.15) is 18.0 Å². The molecule has 6 nitrogen and oxygen atoms in total. The summed E-state index contributed by atoms with van der Waals surface area (Å²) in [5.74, 6) is 0.629. The number of imidazole rings is 1. The predicted molar refractivity (Wildman–Crippen MR) is 74.6 cm³/mol. The lowest BCUT2D eigenvalue weighted by Gasteiger charge is -2.27. The quantitative estimate of drug-likeness (QED) is 0.756. The van der Waals surface area contributed by atoms with E-state index in [1.165, 1.54) is 12.4 Å². The van der Waals surface area contributed by atoms with E-state index < -0.39 is 0 Å². The van der Waals surface area contributed by atoms with Gasteiger partial charge in [-0.3, -0.25) is 0 Å².